The zero-order chi connectivity index (χ0) is 12.3. The average Bonchev–Trinajstić information content (AvgIpc) is 2.53. The molecular formula is C12H19NO2S. The van der Waals surface area contributed by atoms with E-state index in [-0.39, 0.29) is 5.97 Å². The van der Waals surface area contributed by atoms with E-state index in [0.29, 0.717) is 6.54 Å². The Hall–Kier alpha value is -0.870. The van der Waals surface area contributed by atoms with Crippen molar-refractivity contribution in [2.75, 3.05) is 7.11 Å². The fourth-order valence-electron chi connectivity index (χ4n) is 1.50. The minimum atomic E-state index is -0.642. The summed E-state index contributed by atoms with van der Waals surface area (Å²) in [6, 6.07) is 2.15. The molecule has 0 fully saturated rings. The molecule has 0 bridgehead atoms. The summed E-state index contributed by atoms with van der Waals surface area (Å²) in [7, 11) is 1.41. The molecule has 16 heavy (non-hydrogen) atoms. The standard InChI is InChI=1S/C12H19NO2S/c1-8-6-10(9(2)16-8)7-13-12(3,4)11(14)15-5/h6,13H,7H2,1-5H3. The molecule has 3 nitrogen and oxygen atoms in total. The number of carbonyl (C=O) groups is 1. The second kappa shape index (κ2) is 4.97. The molecule has 0 atom stereocenters. The van der Waals surface area contributed by atoms with Gasteiger partial charge in [-0.15, -0.1) is 11.3 Å². The van der Waals surface area contributed by atoms with E-state index < -0.39 is 5.54 Å². The highest BCUT2D eigenvalue weighted by Crippen LogP contribution is 2.21. The first-order chi connectivity index (χ1) is 7.36. The van der Waals surface area contributed by atoms with Crippen LogP contribution in [-0.4, -0.2) is 18.6 Å². The Bertz CT molecular complexity index is 382. The van der Waals surface area contributed by atoms with Crippen LogP contribution in [0.3, 0.4) is 0 Å². The smallest absolute Gasteiger partial charge is 0.325 e. The number of ether oxygens (including phenoxy) is 1. The molecule has 0 unspecified atom stereocenters. The van der Waals surface area contributed by atoms with E-state index in [1.807, 2.05) is 13.8 Å². The lowest BCUT2D eigenvalue weighted by Gasteiger charge is -2.23. The Morgan fingerprint density at radius 2 is 2.12 bits per heavy atom. The van der Waals surface area contributed by atoms with Gasteiger partial charge in [-0.25, -0.2) is 0 Å². The molecule has 0 saturated heterocycles. The molecular weight excluding hydrogens is 222 g/mol. The van der Waals surface area contributed by atoms with Crippen LogP contribution in [0.25, 0.3) is 0 Å². The van der Waals surface area contributed by atoms with Gasteiger partial charge in [0.15, 0.2) is 0 Å². The van der Waals surface area contributed by atoms with E-state index >= 15 is 0 Å². The number of hydrogen-bond acceptors (Lipinski definition) is 4. The van der Waals surface area contributed by atoms with Gasteiger partial charge < -0.3 is 4.74 Å². The van der Waals surface area contributed by atoms with Crippen LogP contribution in [-0.2, 0) is 16.1 Å². The van der Waals surface area contributed by atoms with Crippen molar-refractivity contribution in [2.24, 2.45) is 0 Å². The first-order valence-electron chi connectivity index (χ1n) is 5.26. The Morgan fingerprint density at radius 3 is 2.56 bits per heavy atom. The summed E-state index contributed by atoms with van der Waals surface area (Å²) in [5.74, 6) is -0.239. The van der Waals surface area contributed by atoms with Crippen LogP contribution < -0.4 is 5.32 Å². The fraction of sp³-hybridized carbons (Fsp3) is 0.583. The zero-order valence-corrected chi connectivity index (χ0v) is 11.3. The highest BCUT2D eigenvalue weighted by atomic mass is 32.1. The molecule has 1 rings (SSSR count). The first kappa shape index (κ1) is 13.2. The summed E-state index contributed by atoms with van der Waals surface area (Å²) in [5, 5.41) is 3.21. The summed E-state index contributed by atoms with van der Waals surface area (Å²) in [5.41, 5.74) is 0.608. The molecule has 1 aromatic rings. The van der Waals surface area contributed by atoms with Gasteiger partial charge in [0.1, 0.15) is 5.54 Å². The number of nitrogens with one attached hydrogen (secondary N) is 1. The van der Waals surface area contributed by atoms with Crippen LogP contribution in [0.4, 0.5) is 0 Å². The number of aryl methyl sites for hydroxylation is 2. The van der Waals surface area contributed by atoms with Crippen LogP contribution in [0.15, 0.2) is 6.07 Å². The molecule has 0 amide bonds. The largest absolute Gasteiger partial charge is 0.468 e. The molecule has 90 valence electrons. The van der Waals surface area contributed by atoms with Gasteiger partial charge in [0.05, 0.1) is 7.11 Å². The summed E-state index contributed by atoms with van der Waals surface area (Å²) in [6.07, 6.45) is 0. The Kier molecular flexibility index (Phi) is 4.10. The Morgan fingerprint density at radius 1 is 1.50 bits per heavy atom. The van der Waals surface area contributed by atoms with Crippen molar-refractivity contribution < 1.29 is 9.53 Å². The topological polar surface area (TPSA) is 38.3 Å². The third kappa shape index (κ3) is 3.06. The van der Waals surface area contributed by atoms with Gasteiger partial charge in [-0.1, -0.05) is 0 Å². The van der Waals surface area contributed by atoms with Crippen molar-refractivity contribution in [3.05, 3.63) is 21.4 Å². The lowest BCUT2D eigenvalue weighted by molar-refractivity contribution is -0.147. The zero-order valence-electron chi connectivity index (χ0n) is 10.5. The van der Waals surface area contributed by atoms with Crippen LogP contribution in [0.2, 0.25) is 0 Å². The molecule has 0 aliphatic carbocycles. The predicted octanol–water partition coefficient (Wildman–Crippen LogP) is 2.41. The van der Waals surface area contributed by atoms with Crippen LogP contribution >= 0.6 is 11.3 Å². The number of rotatable bonds is 4. The van der Waals surface area contributed by atoms with Gasteiger partial charge in [-0.05, 0) is 39.3 Å². The minimum Gasteiger partial charge on any atom is -0.468 e. The molecule has 0 aliphatic heterocycles. The highest BCUT2D eigenvalue weighted by molar-refractivity contribution is 7.12. The second-order valence-corrected chi connectivity index (χ2v) is 5.87. The van der Waals surface area contributed by atoms with Crippen molar-refractivity contribution in [1.82, 2.24) is 5.32 Å². The minimum absolute atomic E-state index is 0.239. The van der Waals surface area contributed by atoms with E-state index in [2.05, 4.69) is 25.2 Å². The SMILES string of the molecule is COC(=O)C(C)(C)NCc1cc(C)sc1C. The van der Waals surface area contributed by atoms with E-state index in [0.717, 1.165) is 0 Å². The summed E-state index contributed by atoms with van der Waals surface area (Å²) >= 11 is 1.78. The number of esters is 1. The molecule has 4 heteroatoms. The maximum atomic E-state index is 11.5. The van der Waals surface area contributed by atoms with Gasteiger partial charge in [0.2, 0.25) is 0 Å². The van der Waals surface area contributed by atoms with E-state index in [4.69, 9.17) is 4.74 Å². The van der Waals surface area contributed by atoms with Gasteiger partial charge in [0, 0.05) is 16.3 Å². The third-order valence-corrected chi connectivity index (χ3v) is 3.57. The summed E-state index contributed by atoms with van der Waals surface area (Å²) in [4.78, 5) is 14.1. The Labute approximate surface area is 101 Å². The van der Waals surface area contributed by atoms with Crippen molar-refractivity contribution in [1.29, 1.82) is 0 Å². The molecule has 1 N–H and O–H groups in total. The quantitative estimate of drug-likeness (QED) is 0.823. The molecule has 1 heterocycles. The second-order valence-electron chi connectivity index (χ2n) is 4.41. The van der Waals surface area contributed by atoms with Crippen LogP contribution in [0.1, 0.15) is 29.2 Å². The van der Waals surface area contributed by atoms with Crippen molar-refractivity contribution in [3.8, 4) is 0 Å². The number of carbonyl (C=O) groups excluding carboxylic acids is 1. The fourth-order valence-corrected chi connectivity index (χ4v) is 2.45. The molecule has 0 aliphatic rings. The first-order valence-corrected chi connectivity index (χ1v) is 6.08. The normalized spacial score (nSPS) is 11.6. The molecule has 0 aromatic carbocycles. The Balaban J connectivity index is 2.64. The molecule has 0 saturated carbocycles. The van der Waals surface area contributed by atoms with E-state index in [1.54, 1.807) is 11.3 Å². The molecule has 0 radical (unpaired) electrons. The summed E-state index contributed by atoms with van der Waals surface area (Å²) in [6.45, 7) is 8.53. The van der Waals surface area contributed by atoms with Crippen molar-refractivity contribution >= 4 is 17.3 Å². The third-order valence-electron chi connectivity index (χ3n) is 2.56. The van der Waals surface area contributed by atoms with Crippen LogP contribution in [0.5, 0.6) is 0 Å². The van der Waals surface area contributed by atoms with E-state index in [9.17, 15) is 4.79 Å². The lowest BCUT2D eigenvalue weighted by atomic mass is 10.1. The van der Waals surface area contributed by atoms with E-state index in [1.165, 1.54) is 22.4 Å². The molecule has 0 spiro atoms. The van der Waals surface area contributed by atoms with Gasteiger partial charge in [-0.3, -0.25) is 10.1 Å². The van der Waals surface area contributed by atoms with Gasteiger partial charge in [-0.2, -0.15) is 0 Å². The number of thiophene rings is 1. The predicted molar refractivity (Wildman–Crippen MR) is 66.7 cm³/mol. The number of hydrogen-bond donors (Lipinski definition) is 1. The maximum Gasteiger partial charge on any atom is 0.325 e. The van der Waals surface area contributed by atoms with Crippen molar-refractivity contribution in [2.45, 2.75) is 39.8 Å². The average molecular weight is 241 g/mol. The van der Waals surface area contributed by atoms with Gasteiger partial charge >= 0.3 is 5.97 Å². The summed E-state index contributed by atoms with van der Waals surface area (Å²) < 4.78 is 4.74. The van der Waals surface area contributed by atoms with Crippen molar-refractivity contribution in [3.63, 3.8) is 0 Å². The molecule has 1 aromatic heterocycles. The maximum absolute atomic E-state index is 11.5. The van der Waals surface area contributed by atoms with Crippen LogP contribution in [0, 0.1) is 13.8 Å². The monoisotopic (exact) mass is 241 g/mol. The van der Waals surface area contributed by atoms with Gasteiger partial charge in [0.25, 0.3) is 0 Å². The number of methoxy groups -OCH3 is 1. The highest BCUT2D eigenvalue weighted by Gasteiger charge is 2.27. The lowest BCUT2D eigenvalue weighted by Crippen LogP contribution is -2.46.